The van der Waals surface area contributed by atoms with Crippen LogP contribution in [-0.2, 0) is 15.0 Å². The van der Waals surface area contributed by atoms with E-state index >= 15 is 0 Å². The molecule has 0 aliphatic carbocycles. The maximum atomic E-state index is 12.4. The number of hydrogen-bond acceptors (Lipinski definition) is 3. The standard InChI is InChI=1S/C12H14BrClN2O4S/c13-9-5-4-8(7-10(9)14)15-21(19,20)16-6-2-1-3-11(16)12(17)18/h4-5,7,11,15H,1-3,6H2,(H,17,18). The van der Waals surface area contributed by atoms with Gasteiger partial charge in [-0.3, -0.25) is 9.52 Å². The molecule has 1 heterocycles. The van der Waals surface area contributed by atoms with Crippen LogP contribution < -0.4 is 4.72 Å². The second-order valence-electron chi connectivity index (χ2n) is 4.70. The number of carboxylic acids is 1. The minimum atomic E-state index is -3.93. The Morgan fingerprint density at radius 2 is 2.14 bits per heavy atom. The molecule has 1 atom stereocenters. The van der Waals surface area contributed by atoms with Gasteiger partial charge in [0.2, 0.25) is 0 Å². The highest BCUT2D eigenvalue weighted by molar-refractivity contribution is 9.10. The lowest BCUT2D eigenvalue weighted by Crippen LogP contribution is -2.49. The number of hydrogen-bond donors (Lipinski definition) is 2. The second kappa shape index (κ2) is 6.51. The zero-order chi connectivity index (χ0) is 15.6. The molecule has 0 amide bonds. The number of nitrogens with zero attached hydrogens (tertiary/aromatic N) is 1. The van der Waals surface area contributed by atoms with E-state index in [1.807, 2.05) is 0 Å². The normalized spacial score (nSPS) is 20.2. The molecular formula is C12H14BrClN2O4S. The third-order valence-corrected chi connectivity index (χ3v) is 5.99. The van der Waals surface area contributed by atoms with E-state index in [-0.39, 0.29) is 12.2 Å². The zero-order valence-corrected chi connectivity index (χ0v) is 14.1. The molecule has 0 spiro atoms. The van der Waals surface area contributed by atoms with Crippen molar-refractivity contribution in [2.24, 2.45) is 0 Å². The minimum Gasteiger partial charge on any atom is -0.480 e. The fourth-order valence-corrected chi connectivity index (χ4v) is 4.08. The molecule has 1 aliphatic heterocycles. The maximum Gasteiger partial charge on any atom is 0.322 e. The van der Waals surface area contributed by atoms with Crippen LogP contribution in [0.3, 0.4) is 0 Å². The molecule has 116 valence electrons. The van der Waals surface area contributed by atoms with Crippen molar-refractivity contribution < 1.29 is 18.3 Å². The van der Waals surface area contributed by atoms with Gasteiger partial charge in [-0.1, -0.05) is 11.6 Å². The lowest BCUT2D eigenvalue weighted by atomic mass is 10.1. The fraction of sp³-hybridized carbons (Fsp3) is 0.417. The molecule has 0 aromatic heterocycles. The van der Waals surface area contributed by atoms with E-state index in [9.17, 15) is 13.2 Å². The summed E-state index contributed by atoms with van der Waals surface area (Å²) in [6.07, 6.45) is 1.66. The lowest BCUT2D eigenvalue weighted by molar-refractivity contribution is -0.142. The van der Waals surface area contributed by atoms with E-state index in [4.69, 9.17) is 16.7 Å². The fourth-order valence-electron chi connectivity index (χ4n) is 2.21. The molecule has 1 fully saturated rings. The van der Waals surface area contributed by atoms with Crippen LogP contribution in [0.2, 0.25) is 5.02 Å². The molecule has 1 saturated heterocycles. The van der Waals surface area contributed by atoms with E-state index in [1.165, 1.54) is 6.07 Å². The first-order chi connectivity index (χ1) is 9.81. The van der Waals surface area contributed by atoms with Gasteiger partial charge < -0.3 is 5.11 Å². The van der Waals surface area contributed by atoms with Crippen molar-refractivity contribution in [2.45, 2.75) is 25.3 Å². The highest BCUT2D eigenvalue weighted by Crippen LogP contribution is 2.27. The van der Waals surface area contributed by atoms with E-state index in [2.05, 4.69) is 20.7 Å². The van der Waals surface area contributed by atoms with Gasteiger partial charge in [0.15, 0.2) is 0 Å². The number of piperidine rings is 1. The Hall–Kier alpha value is -0.830. The Balaban J connectivity index is 2.23. The van der Waals surface area contributed by atoms with Crippen molar-refractivity contribution in [2.75, 3.05) is 11.3 Å². The molecule has 21 heavy (non-hydrogen) atoms. The van der Waals surface area contributed by atoms with Crippen LogP contribution in [0.4, 0.5) is 5.69 Å². The van der Waals surface area contributed by atoms with Gasteiger partial charge in [-0.15, -0.1) is 0 Å². The van der Waals surface area contributed by atoms with E-state index < -0.39 is 22.2 Å². The molecular weight excluding hydrogens is 384 g/mol. The van der Waals surface area contributed by atoms with Crippen molar-refractivity contribution in [3.63, 3.8) is 0 Å². The Bertz CT molecular complexity index is 653. The molecule has 0 radical (unpaired) electrons. The van der Waals surface area contributed by atoms with Crippen molar-refractivity contribution in [1.82, 2.24) is 4.31 Å². The van der Waals surface area contributed by atoms with Gasteiger partial charge in [-0.2, -0.15) is 12.7 Å². The van der Waals surface area contributed by atoms with E-state index in [1.54, 1.807) is 12.1 Å². The molecule has 1 unspecified atom stereocenters. The molecule has 1 aliphatic rings. The Kier molecular flexibility index (Phi) is 5.13. The Morgan fingerprint density at radius 1 is 1.43 bits per heavy atom. The number of carbonyl (C=O) groups is 1. The maximum absolute atomic E-state index is 12.4. The van der Waals surface area contributed by atoms with Crippen molar-refractivity contribution in [3.8, 4) is 0 Å². The van der Waals surface area contributed by atoms with Gasteiger partial charge in [0, 0.05) is 11.0 Å². The number of carboxylic acid groups (broad SMARTS) is 1. The summed E-state index contributed by atoms with van der Waals surface area (Å²) in [7, 11) is -3.93. The van der Waals surface area contributed by atoms with Crippen LogP contribution in [-0.4, -0.2) is 36.4 Å². The predicted molar refractivity (Wildman–Crippen MR) is 83.7 cm³/mol. The van der Waals surface area contributed by atoms with Crippen molar-refractivity contribution >= 4 is 49.4 Å². The highest BCUT2D eigenvalue weighted by atomic mass is 79.9. The summed E-state index contributed by atoms with van der Waals surface area (Å²) in [6.45, 7) is 0.191. The molecule has 9 heteroatoms. The number of anilines is 1. The number of benzene rings is 1. The molecule has 2 N–H and O–H groups in total. The van der Waals surface area contributed by atoms with Gasteiger partial charge in [0.25, 0.3) is 0 Å². The average Bonchev–Trinajstić information content (AvgIpc) is 2.42. The zero-order valence-electron chi connectivity index (χ0n) is 10.9. The molecule has 0 saturated carbocycles. The van der Waals surface area contributed by atoms with Gasteiger partial charge >= 0.3 is 16.2 Å². The summed E-state index contributed by atoms with van der Waals surface area (Å²) in [6, 6.07) is 3.60. The Labute approximate surface area is 136 Å². The summed E-state index contributed by atoms with van der Waals surface area (Å²) in [5, 5.41) is 9.52. The largest absolute Gasteiger partial charge is 0.480 e. The first kappa shape index (κ1) is 16.5. The van der Waals surface area contributed by atoms with Crippen LogP contribution in [0.5, 0.6) is 0 Å². The minimum absolute atomic E-state index is 0.191. The summed E-state index contributed by atoms with van der Waals surface area (Å²) in [5.41, 5.74) is 0.290. The van der Waals surface area contributed by atoms with Gasteiger partial charge in [-0.25, -0.2) is 0 Å². The lowest BCUT2D eigenvalue weighted by Gasteiger charge is -2.31. The highest BCUT2D eigenvalue weighted by Gasteiger charge is 2.36. The molecule has 1 aromatic carbocycles. The average molecular weight is 398 g/mol. The van der Waals surface area contributed by atoms with Crippen LogP contribution >= 0.6 is 27.5 Å². The summed E-state index contributed by atoms with van der Waals surface area (Å²) < 4.78 is 28.7. The van der Waals surface area contributed by atoms with Gasteiger partial charge in [0.1, 0.15) is 6.04 Å². The number of nitrogens with one attached hydrogen (secondary N) is 1. The summed E-state index contributed by atoms with van der Waals surface area (Å²) >= 11 is 9.14. The van der Waals surface area contributed by atoms with Crippen LogP contribution in [0, 0.1) is 0 Å². The second-order valence-corrected chi connectivity index (χ2v) is 7.58. The smallest absolute Gasteiger partial charge is 0.322 e. The summed E-state index contributed by atoms with van der Waals surface area (Å²) in [4.78, 5) is 11.2. The monoisotopic (exact) mass is 396 g/mol. The number of halogens is 2. The number of aliphatic carboxylic acids is 1. The predicted octanol–water partition coefficient (Wildman–Crippen LogP) is 2.70. The topological polar surface area (TPSA) is 86.7 Å². The summed E-state index contributed by atoms with van der Waals surface area (Å²) in [5.74, 6) is -1.13. The third kappa shape index (κ3) is 3.88. The van der Waals surface area contributed by atoms with Gasteiger partial charge in [-0.05, 0) is 53.4 Å². The van der Waals surface area contributed by atoms with E-state index in [0.717, 1.165) is 4.31 Å². The van der Waals surface area contributed by atoms with E-state index in [0.29, 0.717) is 28.8 Å². The van der Waals surface area contributed by atoms with Crippen molar-refractivity contribution in [3.05, 3.63) is 27.7 Å². The molecule has 6 nitrogen and oxygen atoms in total. The van der Waals surface area contributed by atoms with Crippen LogP contribution in [0.15, 0.2) is 22.7 Å². The Morgan fingerprint density at radius 3 is 2.76 bits per heavy atom. The van der Waals surface area contributed by atoms with Crippen LogP contribution in [0.1, 0.15) is 19.3 Å². The molecule has 1 aromatic rings. The van der Waals surface area contributed by atoms with Crippen LogP contribution in [0.25, 0.3) is 0 Å². The first-order valence-electron chi connectivity index (χ1n) is 6.29. The van der Waals surface area contributed by atoms with Gasteiger partial charge in [0.05, 0.1) is 10.7 Å². The molecule has 0 bridgehead atoms. The molecule has 2 rings (SSSR count). The third-order valence-electron chi connectivity index (χ3n) is 3.21. The first-order valence-corrected chi connectivity index (χ1v) is 8.90. The van der Waals surface area contributed by atoms with Crippen molar-refractivity contribution in [1.29, 1.82) is 0 Å². The SMILES string of the molecule is O=C(O)C1CCCCN1S(=O)(=O)Nc1ccc(Br)c(Cl)c1. The number of rotatable bonds is 4. The quantitative estimate of drug-likeness (QED) is 0.818.